The molecular weight excluding hydrogens is 426 g/mol. The molecule has 2 amide bonds. The second-order valence-electron chi connectivity index (χ2n) is 5.73. The smallest absolute Gasteiger partial charge is 0.259 e. The lowest BCUT2D eigenvalue weighted by Crippen LogP contribution is -2.34. The lowest BCUT2D eigenvalue weighted by molar-refractivity contribution is -0.120. The van der Waals surface area contributed by atoms with Gasteiger partial charge in [-0.1, -0.05) is 22.9 Å². The molecule has 2 N–H and O–H groups in total. The summed E-state index contributed by atoms with van der Waals surface area (Å²) in [7, 11) is 1.55. The summed E-state index contributed by atoms with van der Waals surface area (Å²) in [5.41, 5.74) is 3.55. The van der Waals surface area contributed by atoms with Gasteiger partial charge in [-0.15, -0.1) is 0 Å². The number of carbonyl (C=O) groups excluding carboxylic acids is 2. The maximum absolute atomic E-state index is 12.0. The van der Waals surface area contributed by atoms with Gasteiger partial charge in [0.05, 0.1) is 26.5 Å². The first-order valence-corrected chi connectivity index (χ1v) is 9.49. The van der Waals surface area contributed by atoms with Crippen LogP contribution in [-0.2, 0) is 4.79 Å². The molecule has 0 saturated heterocycles. The Balaban J connectivity index is 1.86. The molecular formula is C20H22BrN3O4. The van der Waals surface area contributed by atoms with Gasteiger partial charge in [0.1, 0.15) is 11.5 Å². The van der Waals surface area contributed by atoms with Crippen LogP contribution < -0.4 is 20.2 Å². The minimum absolute atomic E-state index is 0.195. The van der Waals surface area contributed by atoms with Crippen LogP contribution >= 0.6 is 15.9 Å². The van der Waals surface area contributed by atoms with Crippen molar-refractivity contribution in [1.29, 1.82) is 0 Å². The minimum atomic E-state index is -0.441. The zero-order chi connectivity index (χ0) is 20.4. The van der Waals surface area contributed by atoms with Crippen LogP contribution in [0.15, 0.2) is 52.0 Å². The van der Waals surface area contributed by atoms with E-state index in [9.17, 15) is 9.59 Å². The van der Waals surface area contributed by atoms with Crippen LogP contribution in [0.5, 0.6) is 11.5 Å². The Hall–Kier alpha value is -2.87. The average Bonchev–Trinajstić information content (AvgIpc) is 2.71. The molecule has 8 heteroatoms. The fourth-order valence-corrected chi connectivity index (χ4v) is 2.56. The van der Waals surface area contributed by atoms with Gasteiger partial charge in [-0.2, -0.15) is 5.10 Å². The van der Waals surface area contributed by atoms with Gasteiger partial charge in [-0.05, 0) is 48.9 Å². The molecule has 0 aromatic heterocycles. The maximum Gasteiger partial charge on any atom is 0.259 e. The van der Waals surface area contributed by atoms with E-state index in [0.717, 1.165) is 16.5 Å². The molecule has 0 bridgehead atoms. The van der Waals surface area contributed by atoms with Gasteiger partial charge >= 0.3 is 0 Å². The van der Waals surface area contributed by atoms with Gasteiger partial charge in [0.2, 0.25) is 0 Å². The quantitative estimate of drug-likeness (QED) is 0.456. The molecule has 2 aromatic carbocycles. The van der Waals surface area contributed by atoms with E-state index in [1.807, 2.05) is 25.1 Å². The monoisotopic (exact) mass is 447 g/mol. The lowest BCUT2D eigenvalue weighted by Gasteiger charge is -2.08. The van der Waals surface area contributed by atoms with E-state index in [-0.39, 0.29) is 12.5 Å². The Morgan fingerprint density at radius 3 is 2.61 bits per heavy atom. The average molecular weight is 448 g/mol. The van der Waals surface area contributed by atoms with Crippen LogP contribution in [0.3, 0.4) is 0 Å². The number of carbonyl (C=O) groups is 2. The van der Waals surface area contributed by atoms with E-state index in [1.165, 1.54) is 6.21 Å². The van der Waals surface area contributed by atoms with Crippen molar-refractivity contribution >= 4 is 34.0 Å². The van der Waals surface area contributed by atoms with Crippen molar-refractivity contribution in [3.8, 4) is 11.5 Å². The minimum Gasteiger partial charge on any atom is -0.497 e. The molecule has 0 unspecified atom stereocenters. The number of nitrogens with one attached hydrogen (secondary N) is 2. The molecule has 28 heavy (non-hydrogen) atoms. The Labute approximate surface area is 172 Å². The Morgan fingerprint density at radius 2 is 1.93 bits per heavy atom. The summed E-state index contributed by atoms with van der Waals surface area (Å²) in [4.78, 5) is 23.9. The molecule has 0 aliphatic heterocycles. The van der Waals surface area contributed by atoms with Gasteiger partial charge in [0.25, 0.3) is 11.8 Å². The van der Waals surface area contributed by atoms with Crippen molar-refractivity contribution in [2.24, 2.45) is 5.10 Å². The van der Waals surface area contributed by atoms with Gasteiger partial charge in [0, 0.05) is 15.6 Å². The molecule has 7 nitrogen and oxygen atoms in total. The van der Waals surface area contributed by atoms with E-state index in [4.69, 9.17) is 9.47 Å². The third-order valence-corrected chi connectivity index (χ3v) is 4.08. The molecule has 0 saturated carbocycles. The summed E-state index contributed by atoms with van der Waals surface area (Å²) in [6.45, 7) is 2.42. The van der Waals surface area contributed by atoms with Gasteiger partial charge in [-0.3, -0.25) is 9.59 Å². The number of rotatable bonds is 9. The molecule has 148 valence electrons. The standard InChI is InChI=1S/C20H22BrN3O4/c1-3-10-28-18-9-6-16(21)11-15(18)12-23-24-19(25)13-22-20(26)14-4-7-17(27-2)8-5-14/h4-9,11-12H,3,10,13H2,1-2H3,(H,22,26)(H,24,25)/b23-12+. The number of halogens is 1. The number of amides is 2. The van der Waals surface area contributed by atoms with Crippen LogP contribution in [0.4, 0.5) is 0 Å². The number of hydrogen-bond donors (Lipinski definition) is 2. The first-order chi connectivity index (χ1) is 13.5. The molecule has 2 aromatic rings. The molecule has 0 atom stereocenters. The van der Waals surface area contributed by atoms with Crippen molar-refractivity contribution in [2.45, 2.75) is 13.3 Å². The first-order valence-electron chi connectivity index (χ1n) is 8.70. The molecule has 0 aliphatic rings. The lowest BCUT2D eigenvalue weighted by atomic mass is 10.2. The highest BCUT2D eigenvalue weighted by Gasteiger charge is 2.08. The van der Waals surface area contributed by atoms with Crippen molar-refractivity contribution in [3.05, 3.63) is 58.1 Å². The van der Waals surface area contributed by atoms with Gasteiger partial charge in [0.15, 0.2) is 0 Å². The van der Waals surface area contributed by atoms with Gasteiger partial charge < -0.3 is 14.8 Å². The van der Waals surface area contributed by atoms with E-state index in [0.29, 0.717) is 23.7 Å². The number of hydrazone groups is 1. The fraction of sp³-hybridized carbons (Fsp3) is 0.250. The highest BCUT2D eigenvalue weighted by Crippen LogP contribution is 2.22. The number of nitrogens with zero attached hydrogens (tertiary/aromatic N) is 1. The Morgan fingerprint density at radius 1 is 1.18 bits per heavy atom. The Kier molecular flexibility index (Phi) is 8.48. The zero-order valence-electron chi connectivity index (χ0n) is 15.7. The van der Waals surface area contributed by atoms with E-state index in [1.54, 1.807) is 31.4 Å². The highest BCUT2D eigenvalue weighted by molar-refractivity contribution is 9.10. The molecule has 0 heterocycles. The van der Waals surface area contributed by atoms with E-state index >= 15 is 0 Å². The molecule has 0 fully saturated rings. The molecule has 0 aliphatic carbocycles. The van der Waals surface area contributed by atoms with Crippen LogP contribution in [0.2, 0.25) is 0 Å². The highest BCUT2D eigenvalue weighted by atomic mass is 79.9. The van der Waals surface area contributed by atoms with Crippen molar-refractivity contribution < 1.29 is 19.1 Å². The third kappa shape index (κ3) is 6.70. The number of ether oxygens (including phenoxy) is 2. The summed E-state index contributed by atoms with van der Waals surface area (Å²) in [6.07, 6.45) is 2.39. The number of methoxy groups -OCH3 is 1. The zero-order valence-corrected chi connectivity index (χ0v) is 17.3. The Bertz CT molecular complexity index is 838. The molecule has 0 spiro atoms. The van der Waals surface area contributed by atoms with Crippen LogP contribution in [-0.4, -0.2) is 38.3 Å². The summed E-state index contributed by atoms with van der Waals surface area (Å²) < 4.78 is 11.6. The van der Waals surface area contributed by atoms with Crippen LogP contribution in [0.25, 0.3) is 0 Å². The van der Waals surface area contributed by atoms with Crippen LogP contribution in [0, 0.1) is 0 Å². The van der Waals surface area contributed by atoms with Gasteiger partial charge in [-0.25, -0.2) is 5.43 Å². The number of hydrogen-bond acceptors (Lipinski definition) is 5. The van der Waals surface area contributed by atoms with Crippen molar-refractivity contribution in [2.75, 3.05) is 20.3 Å². The normalized spacial score (nSPS) is 10.5. The maximum atomic E-state index is 12.0. The fourth-order valence-electron chi connectivity index (χ4n) is 2.18. The second kappa shape index (κ2) is 11.1. The van der Waals surface area contributed by atoms with E-state index in [2.05, 4.69) is 31.8 Å². The third-order valence-electron chi connectivity index (χ3n) is 3.59. The summed E-state index contributed by atoms with van der Waals surface area (Å²) >= 11 is 3.40. The predicted octanol–water partition coefficient (Wildman–Crippen LogP) is 3.13. The molecule has 0 radical (unpaired) electrons. The molecule has 2 rings (SSSR count). The number of benzene rings is 2. The largest absolute Gasteiger partial charge is 0.497 e. The topological polar surface area (TPSA) is 89.0 Å². The van der Waals surface area contributed by atoms with Crippen molar-refractivity contribution in [3.63, 3.8) is 0 Å². The second-order valence-corrected chi connectivity index (χ2v) is 6.65. The van der Waals surface area contributed by atoms with E-state index < -0.39 is 5.91 Å². The van der Waals surface area contributed by atoms with Crippen LogP contribution in [0.1, 0.15) is 29.3 Å². The predicted molar refractivity (Wildman–Crippen MR) is 111 cm³/mol. The summed E-state index contributed by atoms with van der Waals surface area (Å²) in [6, 6.07) is 12.1. The summed E-state index contributed by atoms with van der Waals surface area (Å²) in [5, 5.41) is 6.47. The van der Waals surface area contributed by atoms with Crippen molar-refractivity contribution in [1.82, 2.24) is 10.7 Å². The summed E-state index contributed by atoms with van der Waals surface area (Å²) in [5.74, 6) is 0.530. The first kappa shape index (κ1) is 21.4. The SMILES string of the molecule is CCCOc1ccc(Br)cc1/C=N/NC(=O)CNC(=O)c1ccc(OC)cc1.